The molecule has 16 heavy (non-hydrogen) atoms. The zero-order chi connectivity index (χ0) is 12.2. The van der Waals surface area contributed by atoms with Crippen molar-refractivity contribution in [1.82, 2.24) is 10.3 Å². The van der Waals surface area contributed by atoms with Gasteiger partial charge in [0, 0.05) is 16.2 Å². The van der Waals surface area contributed by atoms with Crippen molar-refractivity contribution in [1.29, 1.82) is 0 Å². The smallest absolute Gasteiger partial charge is 0.239 e. The van der Waals surface area contributed by atoms with E-state index in [-0.39, 0.29) is 18.0 Å². The van der Waals surface area contributed by atoms with Gasteiger partial charge in [0.2, 0.25) is 5.91 Å². The van der Waals surface area contributed by atoms with Crippen LogP contribution in [0.4, 0.5) is 5.82 Å². The van der Waals surface area contributed by atoms with Crippen LogP contribution < -0.4 is 10.6 Å². The van der Waals surface area contributed by atoms with Crippen molar-refractivity contribution in [2.75, 3.05) is 11.9 Å². The maximum Gasteiger partial charge on any atom is 0.239 e. The summed E-state index contributed by atoms with van der Waals surface area (Å²) in [7, 11) is 0. The SMILES string of the molecule is CC(C)(C)NCC(=O)Nc1ccc(Br)cn1. The first kappa shape index (κ1) is 13.1. The Bertz CT molecular complexity index is 356. The standard InChI is InChI=1S/C11H16BrN3O/c1-11(2,3)14-7-10(16)15-9-5-4-8(12)6-13-9/h4-6,14H,7H2,1-3H3,(H,13,15,16). The van der Waals surface area contributed by atoms with Crippen molar-refractivity contribution >= 4 is 27.7 Å². The molecule has 0 radical (unpaired) electrons. The fourth-order valence-corrected chi connectivity index (χ4v) is 1.22. The Kier molecular flexibility index (Phi) is 4.44. The summed E-state index contributed by atoms with van der Waals surface area (Å²) in [6.07, 6.45) is 1.65. The number of anilines is 1. The number of halogens is 1. The first-order valence-corrected chi connectivity index (χ1v) is 5.82. The molecule has 0 spiro atoms. The number of carbonyl (C=O) groups is 1. The highest BCUT2D eigenvalue weighted by Gasteiger charge is 2.11. The largest absolute Gasteiger partial charge is 0.310 e. The van der Waals surface area contributed by atoms with E-state index in [4.69, 9.17) is 0 Å². The van der Waals surface area contributed by atoms with Crippen LogP contribution in [-0.4, -0.2) is 23.0 Å². The Labute approximate surface area is 104 Å². The van der Waals surface area contributed by atoms with Gasteiger partial charge in [-0.2, -0.15) is 0 Å². The molecular formula is C11H16BrN3O. The minimum absolute atomic E-state index is 0.0650. The Balaban J connectivity index is 2.43. The predicted octanol–water partition coefficient (Wildman–Crippen LogP) is 2.17. The topological polar surface area (TPSA) is 54.0 Å². The van der Waals surface area contributed by atoms with Crippen LogP contribution in [0.3, 0.4) is 0 Å². The Morgan fingerprint density at radius 1 is 1.44 bits per heavy atom. The molecule has 0 aliphatic carbocycles. The molecule has 0 bridgehead atoms. The van der Waals surface area contributed by atoms with Gasteiger partial charge in [-0.1, -0.05) is 0 Å². The van der Waals surface area contributed by atoms with Gasteiger partial charge in [0.25, 0.3) is 0 Å². The van der Waals surface area contributed by atoms with Crippen molar-refractivity contribution in [3.05, 3.63) is 22.8 Å². The van der Waals surface area contributed by atoms with Gasteiger partial charge in [-0.25, -0.2) is 4.98 Å². The summed E-state index contributed by atoms with van der Waals surface area (Å²) in [5, 5.41) is 5.81. The molecule has 0 atom stereocenters. The first-order valence-electron chi connectivity index (χ1n) is 5.03. The summed E-state index contributed by atoms with van der Waals surface area (Å²) in [4.78, 5) is 15.6. The van der Waals surface area contributed by atoms with Gasteiger partial charge < -0.3 is 10.6 Å². The molecule has 5 heteroatoms. The fraction of sp³-hybridized carbons (Fsp3) is 0.455. The molecule has 0 fully saturated rings. The second kappa shape index (κ2) is 5.41. The highest BCUT2D eigenvalue weighted by Crippen LogP contribution is 2.10. The lowest BCUT2D eigenvalue weighted by Crippen LogP contribution is -2.41. The molecule has 1 aromatic rings. The number of rotatable bonds is 3. The number of pyridine rings is 1. The summed E-state index contributed by atoms with van der Waals surface area (Å²) in [5.41, 5.74) is -0.0650. The van der Waals surface area contributed by atoms with Crippen molar-refractivity contribution in [3.8, 4) is 0 Å². The molecule has 0 saturated heterocycles. The normalized spacial score (nSPS) is 11.2. The molecule has 2 N–H and O–H groups in total. The van der Waals surface area contributed by atoms with Gasteiger partial charge in [-0.15, -0.1) is 0 Å². The molecule has 4 nitrogen and oxygen atoms in total. The zero-order valence-corrected chi connectivity index (χ0v) is 11.3. The van der Waals surface area contributed by atoms with Crippen LogP contribution in [0, 0.1) is 0 Å². The van der Waals surface area contributed by atoms with Gasteiger partial charge in [-0.3, -0.25) is 4.79 Å². The van der Waals surface area contributed by atoms with Gasteiger partial charge >= 0.3 is 0 Å². The third-order valence-electron chi connectivity index (χ3n) is 1.77. The van der Waals surface area contributed by atoms with Gasteiger partial charge in [0.15, 0.2) is 0 Å². The lowest BCUT2D eigenvalue weighted by atomic mass is 10.1. The van der Waals surface area contributed by atoms with E-state index in [9.17, 15) is 4.79 Å². The van der Waals surface area contributed by atoms with Crippen molar-refractivity contribution < 1.29 is 4.79 Å². The van der Waals surface area contributed by atoms with Crippen molar-refractivity contribution in [2.45, 2.75) is 26.3 Å². The van der Waals surface area contributed by atoms with E-state index < -0.39 is 0 Å². The van der Waals surface area contributed by atoms with Gasteiger partial charge in [0.05, 0.1) is 6.54 Å². The maximum absolute atomic E-state index is 11.5. The summed E-state index contributed by atoms with van der Waals surface area (Å²) in [6, 6.07) is 3.58. The lowest BCUT2D eigenvalue weighted by Gasteiger charge is -2.19. The van der Waals surface area contributed by atoms with Crippen LogP contribution in [0.15, 0.2) is 22.8 Å². The first-order chi connectivity index (χ1) is 7.37. The van der Waals surface area contributed by atoms with Crippen LogP contribution in [0.1, 0.15) is 20.8 Å². The lowest BCUT2D eigenvalue weighted by molar-refractivity contribution is -0.115. The van der Waals surface area contributed by atoms with E-state index in [2.05, 4.69) is 31.5 Å². The Morgan fingerprint density at radius 3 is 2.62 bits per heavy atom. The second-order valence-corrected chi connectivity index (χ2v) is 5.43. The van der Waals surface area contributed by atoms with E-state index in [1.54, 1.807) is 12.3 Å². The van der Waals surface area contributed by atoms with Crippen LogP contribution in [0.2, 0.25) is 0 Å². The van der Waals surface area contributed by atoms with Gasteiger partial charge in [-0.05, 0) is 48.8 Å². The molecule has 88 valence electrons. The Hall–Kier alpha value is -0.940. The molecule has 0 aliphatic heterocycles. The van der Waals surface area contributed by atoms with E-state index in [1.165, 1.54) is 0 Å². The average molecular weight is 286 g/mol. The molecule has 1 aromatic heterocycles. The van der Waals surface area contributed by atoms with Crippen LogP contribution in [-0.2, 0) is 4.79 Å². The third kappa shape index (κ3) is 5.23. The number of nitrogens with zero attached hydrogens (tertiary/aromatic N) is 1. The molecule has 1 amide bonds. The van der Waals surface area contributed by atoms with Crippen LogP contribution in [0.25, 0.3) is 0 Å². The molecular weight excluding hydrogens is 270 g/mol. The van der Waals surface area contributed by atoms with Crippen LogP contribution in [0.5, 0.6) is 0 Å². The maximum atomic E-state index is 11.5. The number of carbonyl (C=O) groups excluding carboxylic acids is 1. The van der Waals surface area contributed by atoms with E-state index in [1.807, 2.05) is 26.8 Å². The zero-order valence-electron chi connectivity index (χ0n) is 9.67. The second-order valence-electron chi connectivity index (χ2n) is 4.51. The monoisotopic (exact) mass is 285 g/mol. The molecule has 0 unspecified atom stereocenters. The molecule has 0 saturated carbocycles. The predicted molar refractivity (Wildman–Crippen MR) is 68.3 cm³/mol. The molecule has 1 rings (SSSR count). The summed E-state index contributed by atoms with van der Waals surface area (Å²) >= 11 is 3.28. The Morgan fingerprint density at radius 2 is 2.12 bits per heavy atom. The molecule has 0 aromatic carbocycles. The third-order valence-corrected chi connectivity index (χ3v) is 2.24. The van der Waals surface area contributed by atoms with E-state index in [0.717, 1.165) is 4.47 Å². The van der Waals surface area contributed by atoms with E-state index >= 15 is 0 Å². The van der Waals surface area contributed by atoms with E-state index in [0.29, 0.717) is 5.82 Å². The molecule has 1 heterocycles. The summed E-state index contributed by atoms with van der Waals surface area (Å²) in [5.74, 6) is 0.466. The quantitative estimate of drug-likeness (QED) is 0.895. The number of hydrogen-bond donors (Lipinski definition) is 2. The number of hydrogen-bond acceptors (Lipinski definition) is 3. The highest BCUT2D eigenvalue weighted by molar-refractivity contribution is 9.10. The van der Waals surface area contributed by atoms with Crippen LogP contribution >= 0.6 is 15.9 Å². The van der Waals surface area contributed by atoms with Crippen molar-refractivity contribution in [2.24, 2.45) is 0 Å². The minimum atomic E-state index is -0.0928. The summed E-state index contributed by atoms with van der Waals surface area (Å²) in [6.45, 7) is 6.32. The van der Waals surface area contributed by atoms with Crippen molar-refractivity contribution in [3.63, 3.8) is 0 Å². The fourth-order valence-electron chi connectivity index (χ4n) is 0.982. The average Bonchev–Trinajstić information content (AvgIpc) is 2.18. The van der Waals surface area contributed by atoms with Gasteiger partial charge in [0.1, 0.15) is 5.82 Å². The number of nitrogens with one attached hydrogen (secondary N) is 2. The number of aromatic nitrogens is 1. The number of amides is 1. The minimum Gasteiger partial charge on any atom is -0.310 e. The highest BCUT2D eigenvalue weighted by atomic mass is 79.9. The summed E-state index contributed by atoms with van der Waals surface area (Å²) < 4.78 is 0.887. The molecule has 0 aliphatic rings.